The molecule has 22 heteroatoms. The lowest BCUT2D eigenvalue weighted by Crippen LogP contribution is -2.69. The molecule has 6 saturated carbocycles. The van der Waals surface area contributed by atoms with E-state index in [9.17, 15) is 14.7 Å². The number of nitrogens with two attached hydrogens (primary N) is 2. The second-order valence-corrected chi connectivity index (χ2v) is 19.3. The highest BCUT2D eigenvalue weighted by molar-refractivity contribution is 14.1. The minimum Gasteiger partial charge on any atom is -0.507 e. The second kappa shape index (κ2) is 15.6. The zero-order valence-corrected chi connectivity index (χ0v) is 37.3. The summed E-state index contributed by atoms with van der Waals surface area (Å²) in [6.07, 6.45) is 6.74. The molecule has 6 aliphatic carbocycles. The lowest BCUT2D eigenvalue weighted by atomic mass is 9.50. The second-order valence-electron chi connectivity index (χ2n) is 15.7. The Morgan fingerprint density at radius 1 is 0.741 bits per heavy atom. The molecule has 4 heterocycles. The number of phenolic OH excluding ortho intramolecular Hbond substituents is 2. The van der Waals surface area contributed by atoms with E-state index in [0.29, 0.717) is 57.1 Å². The number of hydrogen-bond acceptors (Lipinski definition) is 12. The molecule has 304 valence electrons. The molecule has 4 amide bonds. The first-order valence-corrected chi connectivity index (χ1v) is 21.6. The van der Waals surface area contributed by atoms with Crippen LogP contribution in [-0.4, -0.2) is 80.3 Å². The van der Waals surface area contributed by atoms with Crippen LogP contribution in [0.1, 0.15) is 61.0 Å². The van der Waals surface area contributed by atoms with Crippen LogP contribution in [0.3, 0.4) is 0 Å². The quantitative estimate of drug-likeness (QED) is 0.0751. The highest BCUT2D eigenvalue weighted by atomic mass is 127. The van der Waals surface area contributed by atoms with E-state index in [1.54, 1.807) is 21.9 Å². The van der Waals surface area contributed by atoms with Crippen LogP contribution in [0.15, 0.2) is 33.2 Å². The Bertz CT molecular complexity index is 2350. The van der Waals surface area contributed by atoms with Gasteiger partial charge in [0.1, 0.15) is 15.2 Å². The van der Waals surface area contributed by atoms with Crippen molar-refractivity contribution in [2.24, 2.45) is 11.8 Å². The molecule has 10 N–H and O–H groups in total. The zero-order chi connectivity index (χ0) is 41.4. The molecule has 2 aromatic carbocycles. The molecule has 0 atom stereocenters. The maximum atomic E-state index is 12.7. The van der Waals surface area contributed by atoms with Gasteiger partial charge in [0.15, 0.2) is 0 Å². The van der Waals surface area contributed by atoms with Crippen molar-refractivity contribution in [2.45, 2.75) is 75.8 Å². The van der Waals surface area contributed by atoms with Crippen LogP contribution < -0.4 is 27.6 Å². The number of aromatic hydroxyl groups is 2. The summed E-state index contributed by atoms with van der Waals surface area (Å²) in [5.74, 6) is 2.03. The standard InChI is InChI=1S/C18H17BrClN5O2.C12H14IN5O.C6H5BBrClO3/c19-11-2-12(20)9(1-14(11)26)15-10-6-25(7-13(10)22-16(21)23-15)17(27)24-18-3-8(4-18)5-18;13-9-7-4-18(5-8(7)15-10(14)16-9)11(19)17-12-1-6(2-12)3-12;8-4-2-5(9)3(7(11)12)1-6(4)10/h1-2,8,26H,3-7H2,(H,24,27)(H2,21,22,23);6H,1-5H2,(H,17,19)(H2,14,15,16);1-2,10-12H. The van der Waals surface area contributed by atoms with E-state index >= 15 is 0 Å². The maximum Gasteiger partial charge on any atom is 0.490 e. The number of fused-ring (bicyclic) bond motifs is 2. The number of phenols is 2. The molecule has 2 aromatic heterocycles. The van der Waals surface area contributed by atoms with Gasteiger partial charge in [-0.25, -0.2) is 29.5 Å². The molecule has 0 unspecified atom stereocenters. The summed E-state index contributed by atoms with van der Waals surface area (Å²) >= 11 is 20.4. The fourth-order valence-electron chi connectivity index (χ4n) is 8.36. The van der Waals surface area contributed by atoms with E-state index in [1.165, 1.54) is 12.1 Å². The third-order valence-corrected chi connectivity index (χ3v) is 14.4. The van der Waals surface area contributed by atoms with E-state index in [0.717, 1.165) is 70.9 Å². The number of hydrogen-bond donors (Lipinski definition) is 8. The third-order valence-electron chi connectivity index (χ3n) is 11.6. The van der Waals surface area contributed by atoms with Gasteiger partial charge in [0.25, 0.3) is 0 Å². The number of carbonyl (C=O) groups excluding carboxylic acids is 2. The molecule has 16 nitrogen and oxygen atoms in total. The molecule has 0 radical (unpaired) electrons. The Morgan fingerprint density at radius 3 is 1.71 bits per heavy atom. The molecule has 6 fully saturated rings. The molecule has 4 aromatic rings. The summed E-state index contributed by atoms with van der Waals surface area (Å²) in [4.78, 5) is 45.5. The van der Waals surface area contributed by atoms with Crippen molar-refractivity contribution in [3.05, 3.63) is 69.5 Å². The predicted octanol–water partition coefficient (Wildman–Crippen LogP) is 5.15. The van der Waals surface area contributed by atoms with E-state index in [2.05, 4.69) is 85.0 Å². The number of nitrogens with zero attached hydrogens (tertiary/aromatic N) is 6. The van der Waals surface area contributed by atoms with Crippen molar-refractivity contribution >= 4 is 114 Å². The van der Waals surface area contributed by atoms with Gasteiger partial charge in [0.2, 0.25) is 11.9 Å². The van der Waals surface area contributed by atoms with Crippen LogP contribution in [0.25, 0.3) is 11.3 Å². The van der Waals surface area contributed by atoms with Gasteiger partial charge in [-0.15, -0.1) is 0 Å². The number of aromatic nitrogens is 4. The van der Waals surface area contributed by atoms with E-state index in [-0.39, 0.29) is 57.0 Å². The van der Waals surface area contributed by atoms with Gasteiger partial charge in [-0.3, -0.25) is 0 Å². The Hall–Kier alpha value is -3.41. The zero-order valence-electron chi connectivity index (χ0n) is 30.4. The first-order valence-electron chi connectivity index (χ1n) is 18.2. The van der Waals surface area contributed by atoms with Crippen molar-refractivity contribution in [3.63, 3.8) is 0 Å². The Kier molecular flexibility index (Phi) is 11.1. The Labute approximate surface area is 373 Å². The third kappa shape index (κ3) is 7.96. The number of nitrogens with one attached hydrogen (secondary N) is 2. The molecule has 8 aliphatic rings. The van der Waals surface area contributed by atoms with Crippen molar-refractivity contribution < 1.29 is 29.9 Å². The average Bonchev–Trinajstić information content (AvgIpc) is 3.72. The summed E-state index contributed by atoms with van der Waals surface area (Å²) in [5, 5.41) is 43.7. The van der Waals surface area contributed by atoms with Crippen molar-refractivity contribution in [1.82, 2.24) is 40.4 Å². The minimum atomic E-state index is -1.67. The van der Waals surface area contributed by atoms with Gasteiger partial charge < -0.3 is 52.2 Å². The van der Waals surface area contributed by atoms with Crippen molar-refractivity contribution in [3.8, 4) is 22.8 Å². The molecule has 58 heavy (non-hydrogen) atoms. The number of carbonyl (C=O) groups is 2. The largest absolute Gasteiger partial charge is 0.507 e. The summed E-state index contributed by atoms with van der Waals surface area (Å²) < 4.78 is 1.76. The molecule has 0 spiro atoms. The van der Waals surface area contributed by atoms with Gasteiger partial charge in [0.05, 0.1) is 57.2 Å². The number of halogens is 5. The Balaban J connectivity index is 0.000000132. The summed E-state index contributed by atoms with van der Waals surface area (Å²) in [7, 11) is -1.67. The molecular formula is C36H36BBr2Cl2IN10O6. The van der Waals surface area contributed by atoms with Gasteiger partial charge >= 0.3 is 19.2 Å². The highest BCUT2D eigenvalue weighted by Gasteiger charge is 2.58. The first kappa shape index (κ1) is 41.3. The van der Waals surface area contributed by atoms with Gasteiger partial charge in [-0.2, -0.15) is 0 Å². The van der Waals surface area contributed by atoms with Gasteiger partial charge in [-0.1, -0.05) is 23.2 Å². The van der Waals surface area contributed by atoms with Crippen LogP contribution in [0.5, 0.6) is 11.5 Å². The SMILES string of the molecule is Nc1nc(I)c2c(n1)CN(C(=O)NC13CC(C1)C3)C2.Nc1nc2c(c(-c3cc(O)c(Br)cc3Cl)n1)CN(C(=O)NC13CC(C1)C3)C2.OB(O)c1cc(O)c(Br)cc1Cl. The normalized spacial score (nSPS) is 23.6. The molecular weight excluding hydrogens is 1040 g/mol. The van der Waals surface area contributed by atoms with E-state index in [4.69, 9.17) is 49.8 Å². The first-order chi connectivity index (χ1) is 27.4. The lowest BCUT2D eigenvalue weighted by Gasteiger charge is -2.61. The van der Waals surface area contributed by atoms with Crippen LogP contribution in [0.4, 0.5) is 21.5 Å². The summed E-state index contributed by atoms with van der Waals surface area (Å²) in [5.41, 5.74) is 16.3. The average molecular weight is 1070 g/mol. The van der Waals surface area contributed by atoms with Gasteiger partial charge in [0, 0.05) is 38.3 Å². The monoisotopic (exact) mass is 1070 g/mol. The molecule has 4 bridgehead atoms. The number of anilines is 2. The number of benzene rings is 2. The fraction of sp³-hybridized carbons (Fsp3) is 0.389. The van der Waals surface area contributed by atoms with Crippen LogP contribution in [-0.2, 0) is 26.2 Å². The lowest BCUT2D eigenvalue weighted by molar-refractivity contribution is -0.0436. The number of nitrogen functional groups attached to an aromatic ring is 2. The molecule has 2 aliphatic heterocycles. The van der Waals surface area contributed by atoms with E-state index in [1.807, 2.05) is 0 Å². The van der Waals surface area contributed by atoms with Crippen LogP contribution in [0, 0.1) is 15.5 Å². The predicted molar refractivity (Wildman–Crippen MR) is 232 cm³/mol. The molecule has 0 saturated heterocycles. The fourth-order valence-corrected chi connectivity index (χ4v) is 10.6. The maximum absolute atomic E-state index is 12.7. The van der Waals surface area contributed by atoms with Crippen molar-refractivity contribution in [1.29, 1.82) is 0 Å². The van der Waals surface area contributed by atoms with Crippen molar-refractivity contribution in [2.75, 3.05) is 11.5 Å². The smallest absolute Gasteiger partial charge is 0.490 e. The topological polar surface area (TPSA) is 249 Å². The Morgan fingerprint density at radius 2 is 1.21 bits per heavy atom. The van der Waals surface area contributed by atoms with Crippen LogP contribution in [0.2, 0.25) is 10.0 Å². The summed E-state index contributed by atoms with van der Waals surface area (Å²) in [6, 6.07) is 5.67. The number of urea groups is 2. The summed E-state index contributed by atoms with van der Waals surface area (Å²) in [6.45, 7) is 1.87. The number of rotatable bonds is 4. The number of amides is 4. The van der Waals surface area contributed by atoms with Gasteiger partial charge in [-0.05, 0) is 129 Å². The van der Waals surface area contributed by atoms with E-state index < -0.39 is 7.12 Å². The van der Waals surface area contributed by atoms with Crippen LogP contribution >= 0.6 is 77.7 Å². The molecule has 12 rings (SSSR count). The minimum absolute atomic E-state index is 0.0187. The highest BCUT2D eigenvalue weighted by Crippen LogP contribution is 2.57.